The summed E-state index contributed by atoms with van der Waals surface area (Å²) in [4.78, 5) is 0. The minimum absolute atomic E-state index is 0.200. The van der Waals surface area contributed by atoms with Crippen molar-refractivity contribution in [3.8, 4) is 0 Å². The average Bonchev–Trinajstić information content (AvgIpc) is 2.32. The van der Waals surface area contributed by atoms with E-state index in [2.05, 4.69) is 55.6 Å². The third-order valence-electron chi connectivity index (χ3n) is 4.19. The number of hydrogen-bond acceptors (Lipinski definition) is 1. The van der Waals surface area contributed by atoms with Crippen molar-refractivity contribution in [3.63, 3.8) is 0 Å². The maximum atomic E-state index is 6.16. The Hall–Kier alpha value is -1.31. The molecule has 0 aromatic heterocycles. The maximum absolute atomic E-state index is 6.16. The maximum Gasteiger partial charge on any atom is 0.0408 e. The van der Waals surface area contributed by atoms with Gasteiger partial charge >= 0.3 is 0 Å². The topological polar surface area (TPSA) is 12.0 Å². The molecule has 20 heavy (non-hydrogen) atoms. The highest BCUT2D eigenvalue weighted by atomic mass is 35.5. The van der Waals surface area contributed by atoms with Crippen molar-refractivity contribution in [2.75, 3.05) is 13.1 Å². The molecule has 0 atom stereocenters. The van der Waals surface area contributed by atoms with Crippen molar-refractivity contribution in [3.05, 3.63) is 69.7 Å². The fourth-order valence-corrected chi connectivity index (χ4v) is 3.43. The van der Waals surface area contributed by atoms with Crippen LogP contribution in [0.1, 0.15) is 22.3 Å². The number of halogens is 1. The van der Waals surface area contributed by atoms with Crippen molar-refractivity contribution < 1.29 is 0 Å². The highest BCUT2D eigenvalue weighted by Gasteiger charge is 2.38. The first-order valence-electron chi connectivity index (χ1n) is 7.11. The summed E-state index contributed by atoms with van der Waals surface area (Å²) in [5.41, 5.74) is 5.65. The molecule has 1 aliphatic rings. The van der Waals surface area contributed by atoms with Crippen LogP contribution in [0.2, 0.25) is 5.02 Å². The largest absolute Gasteiger partial charge is 0.315 e. The van der Waals surface area contributed by atoms with Gasteiger partial charge < -0.3 is 5.32 Å². The second kappa shape index (κ2) is 5.23. The molecule has 1 nitrogen and oxygen atoms in total. The van der Waals surface area contributed by atoms with Gasteiger partial charge in [-0.2, -0.15) is 0 Å². The van der Waals surface area contributed by atoms with Gasteiger partial charge in [0.15, 0.2) is 0 Å². The van der Waals surface area contributed by atoms with E-state index in [1.54, 1.807) is 0 Å². The molecule has 0 bridgehead atoms. The van der Waals surface area contributed by atoms with Crippen molar-refractivity contribution in [1.82, 2.24) is 5.32 Å². The molecule has 2 heteroatoms. The predicted molar refractivity (Wildman–Crippen MR) is 85.6 cm³/mol. The van der Waals surface area contributed by atoms with Crippen LogP contribution in [0.3, 0.4) is 0 Å². The zero-order chi connectivity index (χ0) is 14.2. The standard InChI is InChI=1S/C18H20ClN/c1-13-6-14(2)8-15(7-13)10-18(11-20-12-18)16-4-3-5-17(19)9-16/h3-9,20H,10-12H2,1-2H3. The van der Waals surface area contributed by atoms with Crippen molar-refractivity contribution in [2.45, 2.75) is 25.7 Å². The van der Waals surface area contributed by atoms with E-state index in [0.717, 1.165) is 24.5 Å². The summed E-state index contributed by atoms with van der Waals surface area (Å²) in [5.74, 6) is 0. The molecule has 1 saturated heterocycles. The van der Waals surface area contributed by atoms with Crippen molar-refractivity contribution in [1.29, 1.82) is 0 Å². The van der Waals surface area contributed by atoms with Crippen LogP contribution in [0.5, 0.6) is 0 Å². The van der Waals surface area contributed by atoms with E-state index in [0.29, 0.717) is 0 Å². The van der Waals surface area contributed by atoms with Crippen LogP contribution in [-0.2, 0) is 11.8 Å². The molecule has 0 unspecified atom stereocenters. The highest BCUT2D eigenvalue weighted by Crippen LogP contribution is 2.34. The molecule has 3 rings (SSSR count). The molecule has 0 saturated carbocycles. The van der Waals surface area contributed by atoms with E-state index in [4.69, 9.17) is 11.6 Å². The zero-order valence-electron chi connectivity index (χ0n) is 12.0. The summed E-state index contributed by atoms with van der Waals surface area (Å²) >= 11 is 6.16. The number of nitrogens with one attached hydrogen (secondary N) is 1. The summed E-state index contributed by atoms with van der Waals surface area (Å²) in [6, 6.07) is 15.2. The summed E-state index contributed by atoms with van der Waals surface area (Å²) in [5, 5.41) is 4.25. The third kappa shape index (κ3) is 2.61. The summed E-state index contributed by atoms with van der Waals surface area (Å²) < 4.78 is 0. The molecular formula is C18H20ClN. The Morgan fingerprint density at radius 3 is 2.30 bits per heavy atom. The van der Waals surface area contributed by atoms with Crippen molar-refractivity contribution in [2.24, 2.45) is 0 Å². The first kappa shape index (κ1) is 13.7. The van der Waals surface area contributed by atoms with Crippen LogP contribution in [0.25, 0.3) is 0 Å². The van der Waals surface area contributed by atoms with E-state index < -0.39 is 0 Å². The molecule has 0 spiro atoms. The SMILES string of the molecule is Cc1cc(C)cc(CC2(c3cccc(Cl)c3)CNC2)c1. The molecule has 0 amide bonds. The molecule has 1 heterocycles. The van der Waals surface area contributed by atoms with Gasteiger partial charge in [0.1, 0.15) is 0 Å². The smallest absolute Gasteiger partial charge is 0.0408 e. The van der Waals surface area contributed by atoms with Gasteiger partial charge in [0.25, 0.3) is 0 Å². The first-order chi connectivity index (χ1) is 9.57. The molecule has 104 valence electrons. The van der Waals surface area contributed by atoms with Crippen LogP contribution < -0.4 is 5.32 Å². The molecule has 1 aliphatic heterocycles. The lowest BCUT2D eigenvalue weighted by Crippen LogP contribution is -2.58. The van der Waals surface area contributed by atoms with E-state index in [9.17, 15) is 0 Å². The Labute approximate surface area is 126 Å². The molecule has 0 radical (unpaired) electrons. The van der Waals surface area contributed by atoms with Crippen LogP contribution >= 0.6 is 11.6 Å². The summed E-state index contributed by atoms with van der Waals surface area (Å²) in [7, 11) is 0. The Kier molecular flexibility index (Phi) is 3.57. The van der Waals surface area contributed by atoms with Crippen LogP contribution in [-0.4, -0.2) is 13.1 Å². The van der Waals surface area contributed by atoms with Crippen LogP contribution in [0.15, 0.2) is 42.5 Å². The fourth-order valence-electron chi connectivity index (χ4n) is 3.24. The van der Waals surface area contributed by atoms with Gasteiger partial charge in [0.05, 0.1) is 0 Å². The van der Waals surface area contributed by atoms with Gasteiger partial charge in [-0.05, 0) is 43.5 Å². The van der Waals surface area contributed by atoms with E-state index >= 15 is 0 Å². The third-order valence-corrected chi connectivity index (χ3v) is 4.42. The number of aryl methyl sites for hydroxylation is 2. The van der Waals surface area contributed by atoms with E-state index in [1.807, 2.05) is 6.07 Å². The summed E-state index contributed by atoms with van der Waals surface area (Å²) in [6.07, 6.45) is 1.07. The normalized spacial score (nSPS) is 16.8. The van der Waals surface area contributed by atoms with E-state index in [1.165, 1.54) is 22.3 Å². The van der Waals surface area contributed by atoms with Crippen LogP contribution in [0, 0.1) is 13.8 Å². The molecular weight excluding hydrogens is 266 g/mol. The average molecular weight is 286 g/mol. The van der Waals surface area contributed by atoms with E-state index in [-0.39, 0.29) is 5.41 Å². The molecule has 1 N–H and O–H groups in total. The monoisotopic (exact) mass is 285 g/mol. The Morgan fingerprint density at radius 1 is 1.05 bits per heavy atom. The molecule has 0 aliphatic carbocycles. The van der Waals surface area contributed by atoms with Crippen LogP contribution in [0.4, 0.5) is 0 Å². The molecule has 2 aromatic carbocycles. The highest BCUT2D eigenvalue weighted by molar-refractivity contribution is 6.30. The minimum atomic E-state index is 0.200. The number of rotatable bonds is 3. The molecule has 2 aromatic rings. The predicted octanol–water partition coefficient (Wildman–Crippen LogP) is 4.04. The van der Waals surface area contributed by atoms with Gasteiger partial charge in [0, 0.05) is 23.5 Å². The van der Waals surface area contributed by atoms with Gasteiger partial charge in [-0.15, -0.1) is 0 Å². The van der Waals surface area contributed by atoms with Gasteiger partial charge in [0.2, 0.25) is 0 Å². The second-order valence-electron chi connectivity index (χ2n) is 6.07. The summed E-state index contributed by atoms with van der Waals surface area (Å²) in [6.45, 7) is 6.39. The number of hydrogen-bond donors (Lipinski definition) is 1. The second-order valence-corrected chi connectivity index (χ2v) is 6.50. The minimum Gasteiger partial charge on any atom is -0.315 e. The lowest BCUT2D eigenvalue weighted by atomic mass is 9.71. The van der Waals surface area contributed by atoms with Crippen molar-refractivity contribution >= 4 is 11.6 Å². The van der Waals surface area contributed by atoms with Gasteiger partial charge in [-0.25, -0.2) is 0 Å². The first-order valence-corrected chi connectivity index (χ1v) is 7.49. The van der Waals surface area contributed by atoms with Gasteiger partial charge in [-0.1, -0.05) is 53.1 Å². The Balaban J connectivity index is 1.93. The molecule has 1 fully saturated rings. The lowest BCUT2D eigenvalue weighted by Gasteiger charge is -2.43. The van der Waals surface area contributed by atoms with Gasteiger partial charge in [-0.3, -0.25) is 0 Å². The zero-order valence-corrected chi connectivity index (χ0v) is 12.8. The Bertz CT molecular complexity index is 609. The Morgan fingerprint density at radius 2 is 1.75 bits per heavy atom. The lowest BCUT2D eigenvalue weighted by molar-refractivity contribution is 0.274. The fraction of sp³-hybridized carbons (Fsp3) is 0.333. The quantitative estimate of drug-likeness (QED) is 0.897. The number of benzene rings is 2.